The van der Waals surface area contributed by atoms with E-state index in [1.165, 1.54) is 0 Å². The summed E-state index contributed by atoms with van der Waals surface area (Å²) in [7, 11) is -3.78. The highest BCUT2D eigenvalue weighted by Crippen LogP contribution is 2.57. The minimum absolute atomic E-state index is 0.110. The lowest BCUT2D eigenvalue weighted by molar-refractivity contribution is -0.169. The van der Waals surface area contributed by atoms with Crippen LogP contribution in [0.25, 0.3) is 0 Å². The van der Waals surface area contributed by atoms with Gasteiger partial charge in [-0.05, 0) is 55.1 Å². The molecule has 156 valence electrons. The Hall–Kier alpha value is -1.40. The molecule has 0 radical (unpaired) electrons. The Morgan fingerprint density at radius 3 is 2.25 bits per heavy atom. The van der Waals surface area contributed by atoms with Crippen molar-refractivity contribution in [3.63, 3.8) is 0 Å². The second-order valence-electron chi connectivity index (χ2n) is 10.3. The first-order valence-electron chi connectivity index (χ1n) is 10.1. The molecular formula is C22H34N2O3S. The normalized spacial score (nSPS) is 27.8. The standard InChI is InChI=1S/C22H34N2O3S/c1-14-8-10-17(11-9-14)28(26,27)23-19(21(3,4)5)20(25)24-13-16-12-18(15(24)2)22(16,6)7/h8-11,15-16,18-19,23H,12-13H2,1-7H3/t15-,16-,18+,19-/m1/s1. The molecule has 1 amide bonds. The summed E-state index contributed by atoms with van der Waals surface area (Å²) in [6, 6.07) is 6.03. The molecule has 28 heavy (non-hydrogen) atoms. The molecule has 1 aliphatic carbocycles. The van der Waals surface area contributed by atoms with Crippen LogP contribution in [0.3, 0.4) is 0 Å². The van der Waals surface area contributed by atoms with Crippen LogP contribution < -0.4 is 4.72 Å². The van der Waals surface area contributed by atoms with Crippen molar-refractivity contribution in [3.8, 4) is 0 Å². The number of hydrogen-bond donors (Lipinski definition) is 1. The third kappa shape index (κ3) is 3.61. The van der Waals surface area contributed by atoms with Crippen LogP contribution in [0.4, 0.5) is 0 Å². The number of nitrogens with one attached hydrogen (secondary N) is 1. The van der Waals surface area contributed by atoms with Crippen LogP contribution in [0.15, 0.2) is 29.2 Å². The summed E-state index contributed by atoms with van der Waals surface area (Å²) < 4.78 is 28.6. The Bertz CT molecular complexity index is 853. The van der Waals surface area contributed by atoms with Crippen molar-refractivity contribution in [1.29, 1.82) is 0 Å². The van der Waals surface area contributed by atoms with Crippen LogP contribution >= 0.6 is 0 Å². The van der Waals surface area contributed by atoms with Crippen molar-refractivity contribution >= 4 is 15.9 Å². The lowest BCUT2D eigenvalue weighted by Crippen LogP contribution is -2.68. The Morgan fingerprint density at radius 2 is 1.79 bits per heavy atom. The molecule has 2 heterocycles. The maximum Gasteiger partial charge on any atom is 0.241 e. The highest BCUT2D eigenvalue weighted by atomic mass is 32.2. The van der Waals surface area contributed by atoms with E-state index in [4.69, 9.17) is 0 Å². The minimum atomic E-state index is -3.78. The molecule has 2 saturated heterocycles. The Morgan fingerprint density at radius 1 is 1.21 bits per heavy atom. The van der Waals surface area contributed by atoms with Crippen molar-refractivity contribution in [2.24, 2.45) is 22.7 Å². The number of carbonyl (C=O) groups excluding carboxylic acids is 1. The van der Waals surface area contributed by atoms with E-state index in [1.807, 2.05) is 32.6 Å². The first kappa shape index (κ1) is 21.3. The van der Waals surface area contributed by atoms with Gasteiger partial charge in [0.25, 0.3) is 0 Å². The van der Waals surface area contributed by atoms with Gasteiger partial charge in [-0.25, -0.2) is 8.42 Å². The highest BCUT2D eigenvalue weighted by Gasteiger charge is 2.57. The number of piperidine rings is 2. The maximum absolute atomic E-state index is 13.5. The minimum Gasteiger partial charge on any atom is -0.338 e. The van der Waals surface area contributed by atoms with Crippen molar-refractivity contribution in [1.82, 2.24) is 9.62 Å². The number of rotatable bonds is 4. The molecule has 1 aromatic carbocycles. The zero-order valence-corrected chi connectivity index (χ0v) is 18.9. The van der Waals surface area contributed by atoms with Crippen LogP contribution in [0.2, 0.25) is 0 Å². The SMILES string of the molecule is Cc1ccc(S(=O)(=O)N[C@H](C(=O)N2C[C@H]3C[C@@H]([C@H]2C)C3(C)C)C(C)(C)C)cc1. The van der Waals surface area contributed by atoms with E-state index in [1.54, 1.807) is 24.3 Å². The first-order valence-corrected chi connectivity index (χ1v) is 11.6. The Labute approximate surface area is 169 Å². The molecular weight excluding hydrogens is 372 g/mol. The maximum atomic E-state index is 13.5. The summed E-state index contributed by atoms with van der Waals surface area (Å²) >= 11 is 0. The van der Waals surface area contributed by atoms with Gasteiger partial charge in [0.2, 0.25) is 15.9 Å². The van der Waals surface area contributed by atoms with Gasteiger partial charge in [-0.2, -0.15) is 4.72 Å². The van der Waals surface area contributed by atoms with Gasteiger partial charge >= 0.3 is 0 Å². The molecule has 2 aliphatic heterocycles. The molecule has 0 unspecified atom stereocenters. The largest absolute Gasteiger partial charge is 0.338 e. The van der Waals surface area contributed by atoms with Gasteiger partial charge in [0.05, 0.1) is 4.90 Å². The average Bonchev–Trinajstić information content (AvgIpc) is 2.58. The van der Waals surface area contributed by atoms with Gasteiger partial charge in [0, 0.05) is 12.6 Å². The molecule has 2 bridgehead atoms. The number of hydrogen-bond acceptors (Lipinski definition) is 3. The number of nitrogens with zero attached hydrogens (tertiary/aromatic N) is 1. The second kappa shape index (κ2) is 6.84. The van der Waals surface area contributed by atoms with Crippen molar-refractivity contribution in [2.45, 2.75) is 71.9 Å². The number of benzene rings is 1. The van der Waals surface area contributed by atoms with Crippen molar-refractivity contribution in [2.75, 3.05) is 6.54 Å². The van der Waals surface area contributed by atoms with Crippen LogP contribution in [0.5, 0.6) is 0 Å². The predicted octanol–water partition coefficient (Wildman–Crippen LogP) is 3.58. The second-order valence-corrected chi connectivity index (χ2v) is 12.0. The van der Waals surface area contributed by atoms with Crippen LogP contribution in [0, 0.1) is 29.6 Å². The monoisotopic (exact) mass is 406 g/mol. The van der Waals surface area contributed by atoms with E-state index in [0.29, 0.717) is 18.4 Å². The quantitative estimate of drug-likeness (QED) is 0.831. The molecule has 4 atom stereocenters. The zero-order chi connectivity index (χ0) is 21.1. The lowest BCUT2D eigenvalue weighted by atomic mass is 9.50. The Kier molecular flexibility index (Phi) is 5.20. The molecule has 5 nitrogen and oxygen atoms in total. The summed E-state index contributed by atoms with van der Waals surface area (Å²) in [4.78, 5) is 15.6. The molecule has 0 aromatic heterocycles. The fourth-order valence-electron chi connectivity index (χ4n) is 4.80. The predicted molar refractivity (Wildman–Crippen MR) is 111 cm³/mol. The van der Waals surface area contributed by atoms with E-state index >= 15 is 0 Å². The summed E-state index contributed by atoms with van der Waals surface area (Å²) in [5.41, 5.74) is 0.715. The molecule has 1 saturated carbocycles. The molecule has 0 spiro atoms. The number of carbonyl (C=O) groups is 1. The smallest absolute Gasteiger partial charge is 0.241 e. The third-order valence-corrected chi connectivity index (χ3v) is 8.48. The van der Waals surface area contributed by atoms with Crippen LogP contribution in [-0.4, -0.2) is 37.9 Å². The van der Waals surface area contributed by atoms with Gasteiger partial charge in [0.1, 0.15) is 6.04 Å². The summed E-state index contributed by atoms with van der Waals surface area (Å²) in [6.07, 6.45) is 1.16. The van der Waals surface area contributed by atoms with E-state index < -0.39 is 21.5 Å². The third-order valence-electron chi connectivity index (χ3n) is 7.04. The summed E-state index contributed by atoms with van der Waals surface area (Å²) in [6.45, 7) is 15.0. The zero-order valence-electron chi connectivity index (χ0n) is 18.1. The van der Waals surface area contributed by atoms with Crippen LogP contribution in [-0.2, 0) is 14.8 Å². The topological polar surface area (TPSA) is 66.5 Å². The fraction of sp³-hybridized carbons (Fsp3) is 0.682. The molecule has 6 heteroatoms. The summed E-state index contributed by atoms with van der Waals surface area (Å²) in [5, 5.41) is 0. The number of amides is 1. The average molecular weight is 407 g/mol. The summed E-state index contributed by atoms with van der Waals surface area (Å²) in [5.74, 6) is 0.859. The molecule has 1 aromatic rings. The van der Waals surface area contributed by atoms with E-state index in [-0.39, 0.29) is 22.3 Å². The van der Waals surface area contributed by atoms with Crippen molar-refractivity contribution in [3.05, 3.63) is 29.8 Å². The van der Waals surface area contributed by atoms with Gasteiger partial charge < -0.3 is 4.90 Å². The van der Waals surface area contributed by atoms with Crippen molar-refractivity contribution < 1.29 is 13.2 Å². The molecule has 3 fully saturated rings. The molecule has 1 N–H and O–H groups in total. The molecule has 3 aliphatic rings. The number of aryl methyl sites for hydroxylation is 1. The number of fused-ring (bicyclic) bond motifs is 2. The van der Waals surface area contributed by atoms with Crippen LogP contribution in [0.1, 0.15) is 53.5 Å². The van der Waals surface area contributed by atoms with E-state index in [0.717, 1.165) is 12.0 Å². The fourth-order valence-corrected chi connectivity index (χ4v) is 6.20. The number of sulfonamides is 1. The lowest BCUT2D eigenvalue weighted by Gasteiger charge is -2.63. The van der Waals surface area contributed by atoms with Gasteiger partial charge in [-0.1, -0.05) is 52.3 Å². The molecule has 4 rings (SSSR count). The van der Waals surface area contributed by atoms with Gasteiger partial charge in [-0.3, -0.25) is 4.79 Å². The van der Waals surface area contributed by atoms with Gasteiger partial charge in [-0.15, -0.1) is 0 Å². The Balaban J connectivity index is 1.85. The van der Waals surface area contributed by atoms with E-state index in [2.05, 4.69) is 25.5 Å². The highest BCUT2D eigenvalue weighted by molar-refractivity contribution is 7.89. The first-order chi connectivity index (χ1) is 12.7. The van der Waals surface area contributed by atoms with E-state index in [9.17, 15) is 13.2 Å². The van der Waals surface area contributed by atoms with Gasteiger partial charge in [0.15, 0.2) is 0 Å².